The molecule has 0 saturated carbocycles. The van der Waals surface area contributed by atoms with Crippen LogP contribution in [0.1, 0.15) is 12.8 Å². The van der Waals surface area contributed by atoms with Gasteiger partial charge < -0.3 is 9.47 Å². The van der Waals surface area contributed by atoms with Gasteiger partial charge in [-0.25, -0.2) is 9.59 Å². The van der Waals surface area contributed by atoms with Crippen molar-refractivity contribution in [3.05, 3.63) is 36.1 Å². The number of alkyl carbamates (subject to hydrolysis) is 1. The van der Waals surface area contributed by atoms with Crippen LogP contribution in [0.5, 0.6) is 0 Å². The molecule has 1 rings (SSSR count). The zero-order chi connectivity index (χ0) is 12.7. The Bertz CT molecular complexity index is 382. The molecule has 1 aliphatic rings. The molecule has 5 heteroatoms. The molecule has 17 heavy (non-hydrogen) atoms. The maximum absolute atomic E-state index is 11.3. The third-order valence-corrected chi connectivity index (χ3v) is 2.13. The number of hydrogen-bond acceptors (Lipinski definition) is 4. The molecule has 0 radical (unpaired) electrons. The van der Waals surface area contributed by atoms with Crippen LogP contribution >= 0.6 is 0 Å². The van der Waals surface area contributed by atoms with Crippen molar-refractivity contribution in [2.45, 2.75) is 12.8 Å². The monoisotopic (exact) mass is 237 g/mol. The highest BCUT2D eigenvalue weighted by molar-refractivity contribution is 5.91. The van der Waals surface area contributed by atoms with Crippen LogP contribution in [0, 0.1) is 0 Å². The quantitative estimate of drug-likeness (QED) is 0.596. The molecule has 0 aromatic rings. The van der Waals surface area contributed by atoms with Gasteiger partial charge in [-0.15, -0.1) is 0 Å². The third-order valence-electron chi connectivity index (χ3n) is 2.13. The summed E-state index contributed by atoms with van der Waals surface area (Å²) in [5.41, 5.74) is 0.792. The summed E-state index contributed by atoms with van der Waals surface area (Å²) < 4.78 is 9.28. The van der Waals surface area contributed by atoms with Crippen molar-refractivity contribution in [1.82, 2.24) is 5.32 Å². The molecule has 0 saturated heterocycles. The molecule has 0 heterocycles. The van der Waals surface area contributed by atoms with Crippen LogP contribution in [-0.2, 0) is 14.3 Å². The number of carbonyl (C=O) groups excluding carboxylic acids is 2. The van der Waals surface area contributed by atoms with Crippen LogP contribution in [0.2, 0.25) is 0 Å². The number of methoxy groups -OCH3 is 1. The van der Waals surface area contributed by atoms with E-state index in [2.05, 4.69) is 16.6 Å². The van der Waals surface area contributed by atoms with E-state index < -0.39 is 12.1 Å². The lowest BCUT2D eigenvalue weighted by molar-refractivity contribution is -0.136. The van der Waals surface area contributed by atoms with Crippen molar-refractivity contribution >= 4 is 12.1 Å². The van der Waals surface area contributed by atoms with Crippen LogP contribution in [-0.4, -0.2) is 25.8 Å². The van der Waals surface area contributed by atoms with Crippen molar-refractivity contribution in [3.63, 3.8) is 0 Å². The highest BCUT2D eigenvalue weighted by Crippen LogP contribution is 2.09. The third kappa shape index (κ3) is 4.55. The number of allylic oxidation sites excluding steroid dienone is 2. The highest BCUT2D eigenvalue weighted by atomic mass is 16.6. The van der Waals surface area contributed by atoms with Gasteiger partial charge in [0.15, 0.2) is 0 Å². The van der Waals surface area contributed by atoms with Gasteiger partial charge in [-0.05, 0) is 18.4 Å². The van der Waals surface area contributed by atoms with E-state index in [4.69, 9.17) is 4.74 Å². The lowest BCUT2D eigenvalue weighted by Crippen LogP contribution is -2.28. The average Bonchev–Trinajstić information content (AvgIpc) is 2.36. The van der Waals surface area contributed by atoms with Gasteiger partial charge in [0, 0.05) is 0 Å². The largest absolute Gasteiger partial charge is 0.464 e. The minimum Gasteiger partial charge on any atom is -0.464 e. The van der Waals surface area contributed by atoms with Gasteiger partial charge in [0.2, 0.25) is 0 Å². The van der Waals surface area contributed by atoms with E-state index in [0.29, 0.717) is 0 Å². The van der Waals surface area contributed by atoms with Crippen LogP contribution in [0.15, 0.2) is 36.1 Å². The van der Waals surface area contributed by atoms with Crippen LogP contribution in [0.25, 0.3) is 0 Å². The van der Waals surface area contributed by atoms with Gasteiger partial charge in [0.25, 0.3) is 0 Å². The summed E-state index contributed by atoms with van der Waals surface area (Å²) in [5, 5.41) is 2.19. The lowest BCUT2D eigenvalue weighted by Gasteiger charge is -2.09. The van der Waals surface area contributed by atoms with Crippen molar-refractivity contribution in [2.24, 2.45) is 0 Å². The molecule has 1 amide bonds. The predicted octanol–water partition coefficient (Wildman–Crippen LogP) is 1.68. The smallest absolute Gasteiger partial charge is 0.412 e. The molecule has 1 aliphatic carbocycles. The average molecular weight is 237 g/mol. The highest BCUT2D eigenvalue weighted by Gasteiger charge is 2.11. The molecule has 0 unspecified atom stereocenters. The summed E-state index contributed by atoms with van der Waals surface area (Å²) in [6, 6.07) is 0. The second-order valence-corrected chi connectivity index (χ2v) is 3.43. The molecular formula is C12H15NO4. The Hall–Kier alpha value is -2.04. The normalized spacial score (nSPS) is 13.6. The van der Waals surface area contributed by atoms with E-state index in [1.165, 1.54) is 7.11 Å². The van der Waals surface area contributed by atoms with E-state index in [9.17, 15) is 9.59 Å². The number of amides is 1. The molecule has 0 atom stereocenters. The zero-order valence-electron chi connectivity index (χ0n) is 9.69. The molecular weight excluding hydrogens is 222 g/mol. The van der Waals surface area contributed by atoms with Crippen molar-refractivity contribution < 1.29 is 19.1 Å². The fraction of sp³-hybridized carbons (Fsp3) is 0.333. The number of esters is 1. The first-order valence-electron chi connectivity index (χ1n) is 5.20. The zero-order valence-corrected chi connectivity index (χ0v) is 9.69. The van der Waals surface area contributed by atoms with Gasteiger partial charge in [-0.3, -0.25) is 5.32 Å². The number of rotatable bonds is 4. The van der Waals surface area contributed by atoms with E-state index in [1.54, 1.807) is 0 Å². The van der Waals surface area contributed by atoms with Crippen molar-refractivity contribution in [1.29, 1.82) is 0 Å². The Morgan fingerprint density at radius 1 is 1.47 bits per heavy atom. The second-order valence-electron chi connectivity index (χ2n) is 3.43. The lowest BCUT2D eigenvalue weighted by atomic mass is 10.1. The topological polar surface area (TPSA) is 64.6 Å². The Kier molecular flexibility index (Phi) is 5.00. The maximum Gasteiger partial charge on any atom is 0.412 e. The van der Waals surface area contributed by atoms with E-state index >= 15 is 0 Å². The Morgan fingerprint density at radius 3 is 2.82 bits per heavy atom. The Labute approximate surface area is 99.8 Å². The van der Waals surface area contributed by atoms with Crippen LogP contribution in [0.3, 0.4) is 0 Å². The molecule has 1 N–H and O–H groups in total. The molecule has 0 aromatic carbocycles. The second kappa shape index (κ2) is 6.52. The Balaban J connectivity index is 2.30. The van der Waals surface area contributed by atoms with Gasteiger partial charge in [0.05, 0.1) is 7.11 Å². The summed E-state index contributed by atoms with van der Waals surface area (Å²) >= 11 is 0. The van der Waals surface area contributed by atoms with Crippen LogP contribution < -0.4 is 5.32 Å². The minimum absolute atomic E-state index is 0.148. The first kappa shape index (κ1) is 13.0. The molecule has 0 fully saturated rings. The molecule has 0 aromatic heterocycles. The summed E-state index contributed by atoms with van der Waals surface area (Å²) in [5.74, 6) is -0.696. The molecule has 92 valence electrons. The van der Waals surface area contributed by atoms with E-state index in [0.717, 1.165) is 18.4 Å². The van der Waals surface area contributed by atoms with Gasteiger partial charge in [-0.2, -0.15) is 0 Å². The van der Waals surface area contributed by atoms with Crippen LogP contribution in [0.4, 0.5) is 4.79 Å². The fourth-order valence-corrected chi connectivity index (χ4v) is 1.26. The van der Waals surface area contributed by atoms with E-state index in [1.807, 2.05) is 18.2 Å². The summed E-state index contributed by atoms with van der Waals surface area (Å²) in [6.07, 6.45) is 7.17. The molecule has 0 aliphatic heterocycles. The van der Waals surface area contributed by atoms with Gasteiger partial charge >= 0.3 is 12.1 Å². The first-order chi connectivity index (χ1) is 8.13. The number of nitrogens with one attached hydrogen (secondary N) is 1. The minimum atomic E-state index is -0.722. The first-order valence-corrected chi connectivity index (χ1v) is 5.20. The summed E-state index contributed by atoms with van der Waals surface area (Å²) in [6.45, 7) is 3.52. The van der Waals surface area contributed by atoms with Crippen molar-refractivity contribution in [3.8, 4) is 0 Å². The number of ether oxygens (including phenoxy) is 2. The van der Waals surface area contributed by atoms with Gasteiger partial charge in [-0.1, -0.05) is 24.8 Å². The van der Waals surface area contributed by atoms with Gasteiger partial charge in [0.1, 0.15) is 12.3 Å². The maximum atomic E-state index is 11.3. The molecule has 0 spiro atoms. The predicted molar refractivity (Wildman–Crippen MR) is 62.1 cm³/mol. The molecule has 0 bridgehead atoms. The van der Waals surface area contributed by atoms with E-state index in [-0.39, 0.29) is 12.3 Å². The summed E-state index contributed by atoms with van der Waals surface area (Å²) in [4.78, 5) is 22.2. The number of carbonyl (C=O) groups is 2. The van der Waals surface area contributed by atoms with Crippen molar-refractivity contribution in [2.75, 3.05) is 13.7 Å². The SMILES string of the molecule is C=C(NC(=O)OCC1=CCCC=C1)C(=O)OC. The fourth-order valence-electron chi connectivity index (χ4n) is 1.26. The summed E-state index contributed by atoms with van der Waals surface area (Å²) in [7, 11) is 1.21. The molecule has 5 nitrogen and oxygen atoms in total. The standard InChI is InChI=1S/C12H15NO4/c1-9(11(14)16-2)13-12(15)17-8-10-6-4-3-5-7-10/h4,6-7H,1,3,5,8H2,2H3,(H,13,15). The number of hydrogen-bond donors (Lipinski definition) is 1. The Morgan fingerprint density at radius 2 is 2.24 bits per heavy atom.